The minimum absolute atomic E-state index is 0.191. The largest absolute Gasteiger partial charge is 0.444 e. The van der Waals surface area contributed by atoms with Crippen LogP contribution >= 0.6 is 0 Å². The quantitative estimate of drug-likeness (QED) is 0.384. The van der Waals surface area contributed by atoms with Gasteiger partial charge in [0.1, 0.15) is 18.2 Å². The maximum Gasteiger partial charge on any atom is 0.408 e. The lowest BCUT2D eigenvalue weighted by Crippen LogP contribution is -2.48. The number of alkyl carbamates (subject to hydrolysis) is 1. The predicted octanol–water partition coefficient (Wildman–Crippen LogP) is 5.19. The molecule has 1 aromatic rings. The summed E-state index contributed by atoms with van der Waals surface area (Å²) in [5.74, 6) is -0.498. The molecule has 34 heavy (non-hydrogen) atoms. The number of ether oxygens (including phenoxy) is 1. The molecule has 1 aromatic carbocycles. The van der Waals surface area contributed by atoms with Gasteiger partial charge in [-0.15, -0.1) is 0 Å². The lowest BCUT2D eigenvalue weighted by Gasteiger charge is -2.33. The number of aryl methyl sites for hydroxylation is 1. The van der Waals surface area contributed by atoms with E-state index in [1.54, 1.807) is 25.7 Å². The summed E-state index contributed by atoms with van der Waals surface area (Å²) in [4.78, 5) is 40.6. The molecule has 0 aliphatic carbocycles. The number of unbranched alkanes of at least 4 members (excludes halogenated alkanes) is 4. The van der Waals surface area contributed by atoms with Crippen molar-refractivity contribution in [3.63, 3.8) is 0 Å². The first-order valence-electron chi connectivity index (χ1n) is 12.6. The fourth-order valence-electron chi connectivity index (χ4n) is 3.68. The third kappa shape index (κ3) is 10.1. The maximum atomic E-state index is 13.4. The van der Waals surface area contributed by atoms with Gasteiger partial charge in [-0.1, -0.05) is 57.7 Å². The number of carbonyl (C=O) groups excluding carboxylic acids is 3. The van der Waals surface area contributed by atoms with Gasteiger partial charge in [-0.2, -0.15) is 0 Å². The number of nitrogens with zero attached hydrogens (tertiary/aromatic N) is 1. The SMILES string of the molecule is CCCCCCN(C(=O)CNC(=O)OC(C)(C)C)C(C(=O)NCCCC)c1cccc(C)c1C. The highest BCUT2D eigenvalue weighted by molar-refractivity contribution is 5.90. The fraction of sp³-hybridized carbons (Fsp3) is 0.667. The fourth-order valence-corrected chi connectivity index (χ4v) is 3.68. The summed E-state index contributed by atoms with van der Waals surface area (Å²) in [6, 6.07) is 5.08. The van der Waals surface area contributed by atoms with Crippen LogP contribution in [-0.2, 0) is 14.3 Å². The van der Waals surface area contributed by atoms with Crippen molar-refractivity contribution in [1.29, 1.82) is 0 Å². The molecular formula is C27H45N3O4. The number of amides is 3. The minimum atomic E-state index is -0.758. The monoisotopic (exact) mass is 475 g/mol. The highest BCUT2D eigenvalue weighted by Gasteiger charge is 2.32. The van der Waals surface area contributed by atoms with Crippen LogP contribution in [0.4, 0.5) is 4.79 Å². The van der Waals surface area contributed by atoms with E-state index in [1.807, 2.05) is 32.0 Å². The maximum absolute atomic E-state index is 13.4. The topological polar surface area (TPSA) is 87.7 Å². The molecule has 0 radical (unpaired) electrons. The van der Waals surface area contributed by atoms with E-state index >= 15 is 0 Å². The summed E-state index contributed by atoms with van der Waals surface area (Å²) < 4.78 is 5.27. The molecule has 0 spiro atoms. The summed E-state index contributed by atoms with van der Waals surface area (Å²) in [6.07, 6.45) is 5.08. The summed E-state index contributed by atoms with van der Waals surface area (Å²) in [7, 11) is 0. The molecule has 0 aliphatic heterocycles. The Hall–Kier alpha value is -2.57. The van der Waals surface area contributed by atoms with Crippen LogP contribution in [0.5, 0.6) is 0 Å². The van der Waals surface area contributed by atoms with Gasteiger partial charge in [0.05, 0.1) is 0 Å². The smallest absolute Gasteiger partial charge is 0.408 e. The van der Waals surface area contributed by atoms with Crippen LogP contribution in [0.25, 0.3) is 0 Å². The van der Waals surface area contributed by atoms with E-state index in [1.165, 1.54) is 0 Å². The zero-order chi connectivity index (χ0) is 25.7. The van der Waals surface area contributed by atoms with Gasteiger partial charge in [-0.05, 0) is 64.2 Å². The van der Waals surface area contributed by atoms with Crippen LogP contribution < -0.4 is 10.6 Å². The van der Waals surface area contributed by atoms with Crippen molar-refractivity contribution in [2.24, 2.45) is 0 Å². The molecule has 0 saturated heterocycles. The molecule has 3 amide bonds. The van der Waals surface area contributed by atoms with Crippen LogP contribution in [-0.4, -0.2) is 48.0 Å². The average Bonchev–Trinajstić information content (AvgIpc) is 2.75. The Morgan fingerprint density at radius 2 is 1.65 bits per heavy atom. The van der Waals surface area contributed by atoms with E-state index in [-0.39, 0.29) is 18.4 Å². The zero-order valence-electron chi connectivity index (χ0n) is 22.3. The lowest BCUT2D eigenvalue weighted by atomic mass is 9.95. The van der Waals surface area contributed by atoms with Crippen molar-refractivity contribution < 1.29 is 19.1 Å². The molecule has 192 valence electrons. The van der Waals surface area contributed by atoms with Crippen LogP contribution in [0, 0.1) is 13.8 Å². The molecule has 0 bridgehead atoms. The molecule has 2 N–H and O–H groups in total. The number of hydrogen-bond acceptors (Lipinski definition) is 4. The molecule has 7 nitrogen and oxygen atoms in total. The number of nitrogens with one attached hydrogen (secondary N) is 2. The Balaban J connectivity index is 3.23. The van der Waals surface area contributed by atoms with Gasteiger partial charge in [0.2, 0.25) is 11.8 Å². The van der Waals surface area contributed by atoms with Gasteiger partial charge in [0.25, 0.3) is 0 Å². The molecule has 0 saturated carbocycles. The van der Waals surface area contributed by atoms with E-state index in [0.29, 0.717) is 13.1 Å². The number of benzene rings is 1. The van der Waals surface area contributed by atoms with Gasteiger partial charge in [-0.3, -0.25) is 9.59 Å². The van der Waals surface area contributed by atoms with Crippen molar-refractivity contribution in [2.75, 3.05) is 19.6 Å². The predicted molar refractivity (Wildman–Crippen MR) is 137 cm³/mol. The molecular weight excluding hydrogens is 430 g/mol. The van der Waals surface area contributed by atoms with Gasteiger partial charge in [0.15, 0.2) is 0 Å². The molecule has 0 fully saturated rings. The zero-order valence-corrected chi connectivity index (χ0v) is 22.3. The normalized spacial score (nSPS) is 12.1. The van der Waals surface area contributed by atoms with Crippen LogP contribution in [0.3, 0.4) is 0 Å². The van der Waals surface area contributed by atoms with E-state index in [4.69, 9.17) is 4.74 Å². The second-order valence-electron chi connectivity index (χ2n) is 9.84. The third-order valence-corrected chi connectivity index (χ3v) is 5.69. The Labute approximate surface area is 206 Å². The van der Waals surface area contributed by atoms with Gasteiger partial charge >= 0.3 is 6.09 Å². The molecule has 1 unspecified atom stereocenters. The first-order chi connectivity index (χ1) is 16.0. The first-order valence-corrected chi connectivity index (χ1v) is 12.6. The minimum Gasteiger partial charge on any atom is -0.444 e. The van der Waals surface area contributed by atoms with Gasteiger partial charge in [0, 0.05) is 13.1 Å². The highest BCUT2D eigenvalue weighted by Crippen LogP contribution is 2.27. The van der Waals surface area contributed by atoms with Gasteiger partial charge in [-0.25, -0.2) is 4.79 Å². The Bertz CT molecular complexity index is 802. The second-order valence-corrected chi connectivity index (χ2v) is 9.84. The Morgan fingerprint density at radius 1 is 0.971 bits per heavy atom. The van der Waals surface area contributed by atoms with Crippen LogP contribution in [0.2, 0.25) is 0 Å². The molecule has 7 heteroatoms. The van der Waals surface area contributed by atoms with Crippen molar-refractivity contribution in [3.05, 3.63) is 34.9 Å². The Morgan fingerprint density at radius 3 is 2.26 bits per heavy atom. The average molecular weight is 476 g/mol. The first kappa shape index (κ1) is 29.5. The van der Waals surface area contributed by atoms with E-state index in [9.17, 15) is 14.4 Å². The third-order valence-electron chi connectivity index (χ3n) is 5.69. The van der Waals surface area contributed by atoms with Gasteiger partial charge < -0.3 is 20.3 Å². The molecule has 1 rings (SSSR count). The van der Waals surface area contributed by atoms with Crippen molar-refractivity contribution in [1.82, 2.24) is 15.5 Å². The van der Waals surface area contributed by atoms with E-state index < -0.39 is 17.7 Å². The van der Waals surface area contributed by atoms with Crippen LogP contribution in [0.15, 0.2) is 18.2 Å². The molecule has 0 heterocycles. The van der Waals surface area contributed by atoms with Crippen molar-refractivity contribution in [3.8, 4) is 0 Å². The van der Waals surface area contributed by atoms with E-state index in [2.05, 4.69) is 24.5 Å². The molecule has 0 aliphatic rings. The molecule has 1 atom stereocenters. The molecule has 0 aromatic heterocycles. The van der Waals surface area contributed by atoms with Crippen molar-refractivity contribution >= 4 is 17.9 Å². The summed E-state index contributed by atoms with van der Waals surface area (Å²) in [5.41, 5.74) is 2.21. The van der Waals surface area contributed by atoms with E-state index in [0.717, 1.165) is 55.2 Å². The summed E-state index contributed by atoms with van der Waals surface area (Å²) in [6.45, 7) is 14.3. The lowest BCUT2D eigenvalue weighted by molar-refractivity contribution is -0.140. The summed E-state index contributed by atoms with van der Waals surface area (Å²) >= 11 is 0. The second kappa shape index (κ2) is 14.6. The number of rotatable bonds is 13. The number of carbonyl (C=O) groups is 3. The summed E-state index contributed by atoms with van der Waals surface area (Å²) in [5, 5.41) is 5.58. The number of hydrogen-bond donors (Lipinski definition) is 2. The highest BCUT2D eigenvalue weighted by atomic mass is 16.6. The van der Waals surface area contributed by atoms with Crippen molar-refractivity contribution in [2.45, 2.75) is 98.6 Å². The standard InChI is InChI=1S/C27H45N3O4/c1-8-10-12-13-18-30(23(31)19-29-26(33)34-27(5,6)7)24(25(32)28-17-11-9-2)22-16-14-15-20(3)21(22)4/h14-16,24H,8-13,17-19H2,1-7H3,(H,28,32)(H,29,33). The Kier molecular flexibility index (Phi) is 12.7. The van der Waals surface area contributed by atoms with Crippen LogP contribution in [0.1, 0.15) is 95.9 Å².